The second-order valence-electron chi connectivity index (χ2n) is 5.41. The average Bonchev–Trinajstić information content (AvgIpc) is 2.56. The normalized spacial score (nSPS) is 10.5. The third-order valence-electron chi connectivity index (χ3n) is 3.50. The van der Waals surface area contributed by atoms with Crippen molar-refractivity contribution in [3.05, 3.63) is 82.1 Å². The fraction of sp³-hybridized carbons (Fsp3) is 0.0526. The number of pyridine rings is 1. The average molecular weight is 357 g/mol. The van der Waals surface area contributed by atoms with Gasteiger partial charge in [0.1, 0.15) is 5.69 Å². The molecule has 3 rings (SSSR count). The van der Waals surface area contributed by atoms with Crippen molar-refractivity contribution in [2.75, 3.05) is 5.32 Å². The smallest absolute Gasteiger partial charge is 0.274 e. The molecule has 0 unspecified atom stereocenters. The molecule has 0 radical (unpaired) electrons. The predicted octanol–water partition coefficient (Wildman–Crippen LogP) is 5.62. The zero-order valence-electron chi connectivity index (χ0n) is 12.9. The number of anilines is 1. The molecule has 1 aromatic heterocycles. The highest BCUT2D eigenvalue weighted by atomic mass is 35.5. The standard InChI is InChI=1S/C19H14Cl2N2O/c1-12-2-4-17(5-3-12)23-19(24)18-10-13(6-7-22-18)14-8-15(20)11-16(21)9-14/h2-11H,1H3,(H,23,24). The monoisotopic (exact) mass is 356 g/mol. The Balaban J connectivity index is 1.86. The van der Waals surface area contributed by atoms with Crippen molar-refractivity contribution in [1.82, 2.24) is 4.98 Å². The largest absolute Gasteiger partial charge is 0.321 e. The Morgan fingerprint density at radius 1 is 0.917 bits per heavy atom. The lowest BCUT2D eigenvalue weighted by Gasteiger charge is -2.08. The molecule has 0 atom stereocenters. The van der Waals surface area contributed by atoms with Crippen LogP contribution in [0.5, 0.6) is 0 Å². The number of rotatable bonds is 3. The Morgan fingerprint density at radius 3 is 2.25 bits per heavy atom. The number of carbonyl (C=O) groups is 1. The maximum absolute atomic E-state index is 12.4. The summed E-state index contributed by atoms with van der Waals surface area (Å²) in [4.78, 5) is 16.5. The number of benzene rings is 2. The lowest BCUT2D eigenvalue weighted by Crippen LogP contribution is -2.13. The van der Waals surface area contributed by atoms with Crippen LogP contribution < -0.4 is 5.32 Å². The lowest BCUT2D eigenvalue weighted by molar-refractivity contribution is 0.102. The topological polar surface area (TPSA) is 42.0 Å². The van der Waals surface area contributed by atoms with Crippen molar-refractivity contribution >= 4 is 34.8 Å². The van der Waals surface area contributed by atoms with Crippen LogP contribution in [0.1, 0.15) is 16.1 Å². The molecule has 0 saturated carbocycles. The molecule has 1 N–H and O–H groups in total. The van der Waals surface area contributed by atoms with Gasteiger partial charge in [-0.05, 0) is 60.5 Å². The van der Waals surface area contributed by atoms with Gasteiger partial charge in [0.2, 0.25) is 0 Å². The Morgan fingerprint density at radius 2 is 1.58 bits per heavy atom. The van der Waals surface area contributed by atoms with E-state index in [4.69, 9.17) is 23.2 Å². The van der Waals surface area contributed by atoms with Crippen molar-refractivity contribution < 1.29 is 4.79 Å². The third-order valence-corrected chi connectivity index (χ3v) is 3.93. The molecule has 0 bridgehead atoms. The van der Waals surface area contributed by atoms with Gasteiger partial charge < -0.3 is 5.32 Å². The molecule has 0 aliphatic carbocycles. The summed E-state index contributed by atoms with van der Waals surface area (Å²) in [6, 6.07) is 16.4. The minimum atomic E-state index is -0.270. The number of halogens is 2. The van der Waals surface area contributed by atoms with Crippen LogP contribution in [0, 0.1) is 6.92 Å². The summed E-state index contributed by atoms with van der Waals surface area (Å²) in [5.41, 5.74) is 3.83. The van der Waals surface area contributed by atoms with Crippen LogP contribution in [-0.4, -0.2) is 10.9 Å². The van der Waals surface area contributed by atoms with Crippen LogP contribution in [0.25, 0.3) is 11.1 Å². The number of aromatic nitrogens is 1. The van der Waals surface area contributed by atoms with Crippen LogP contribution in [0.4, 0.5) is 5.69 Å². The summed E-state index contributed by atoms with van der Waals surface area (Å²) in [5, 5.41) is 3.92. The van der Waals surface area contributed by atoms with E-state index in [2.05, 4.69) is 10.3 Å². The molecule has 1 amide bonds. The number of nitrogens with zero attached hydrogens (tertiary/aromatic N) is 1. The number of hydrogen-bond donors (Lipinski definition) is 1. The Hall–Kier alpha value is -2.36. The first-order valence-corrected chi connectivity index (χ1v) is 8.07. The van der Waals surface area contributed by atoms with Crippen molar-refractivity contribution in [1.29, 1.82) is 0 Å². The first kappa shape index (κ1) is 16.5. The number of nitrogens with one attached hydrogen (secondary N) is 1. The molecule has 0 spiro atoms. The van der Waals surface area contributed by atoms with Gasteiger partial charge in [0.15, 0.2) is 0 Å². The van der Waals surface area contributed by atoms with Gasteiger partial charge in [-0.2, -0.15) is 0 Å². The second-order valence-corrected chi connectivity index (χ2v) is 6.28. The highest BCUT2D eigenvalue weighted by Crippen LogP contribution is 2.27. The molecular formula is C19H14Cl2N2O. The number of aryl methyl sites for hydroxylation is 1. The van der Waals surface area contributed by atoms with Gasteiger partial charge in [0, 0.05) is 21.9 Å². The molecule has 0 aliphatic heterocycles. The molecule has 0 saturated heterocycles. The maximum Gasteiger partial charge on any atom is 0.274 e. The van der Waals surface area contributed by atoms with Gasteiger partial charge in [-0.3, -0.25) is 9.78 Å². The van der Waals surface area contributed by atoms with Crippen molar-refractivity contribution in [2.24, 2.45) is 0 Å². The zero-order valence-corrected chi connectivity index (χ0v) is 14.4. The lowest BCUT2D eigenvalue weighted by atomic mass is 10.1. The van der Waals surface area contributed by atoms with Crippen LogP contribution >= 0.6 is 23.2 Å². The molecule has 2 aromatic carbocycles. The van der Waals surface area contributed by atoms with E-state index in [1.807, 2.05) is 37.3 Å². The summed E-state index contributed by atoms with van der Waals surface area (Å²) in [6.07, 6.45) is 1.59. The van der Waals surface area contributed by atoms with Gasteiger partial charge in [-0.25, -0.2) is 0 Å². The summed E-state index contributed by atoms with van der Waals surface area (Å²) in [5.74, 6) is -0.270. The fourth-order valence-corrected chi connectivity index (χ4v) is 2.81. The molecule has 3 nitrogen and oxygen atoms in total. The highest BCUT2D eigenvalue weighted by Gasteiger charge is 2.10. The minimum absolute atomic E-state index is 0.270. The summed E-state index contributed by atoms with van der Waals surface area (Å²) < 4.78 is 0. The highest BCUT2D eigenvalue weighted by molar-refractivity contribution is 6.35. The molecule has 0 fully saturated rings. The molecule has 1 heterocycles. The molecule has 3 aromatic rings. The molecule has 120 valence electrons. The predicted molar refractivity (Wildman–Crippen MR) is 98.8 cm³/mol. The van der Waals surface area contributed by atoms with Crippen molar-refractivity contribution in [3.8, 4) is 11.1 Å². The maximum atomic E-state index is 12.4. The van der Waals surface area contributed by atoms with Crippen molar-refractivity contribution in [3.63, 3.8) is 0 Å². The summed E-state index contributed by atoms with van der Waals surface area (Å²) in [7, 11) is 0. The van der Waals surface area contributed by atoms with Gasteiger partial charge in [0.25, 0.3) is 5.91 Å². The Bertz CT molecular complexity index is 872. The fourth-order valence-electron chi connectivity index (χ4n) is 2.29. The van der Waals surface area contributed by atoms with E-state index in [1.165, 1.54) is 0 Å². The molecular weight excluding hydrogens is 343 g/mol. The van der Waals surface area contributed by atoms with E-state index in [-0.39, 0.29) is 5.91 Å². The summed E-state index contributed by atoms with van der Waals surface area (Å²) >= 11 is 12.1. The van der Waals surface area contributed by atoms with Gasteiger partial charge in [0.05, 0.1) is 0 Å². The molecule has 24 heavy (non-hydrogen) atoms. The van der Waals surface area contributed by atoms with Gasteiger partial charge in [-0.15, -0.1) is 0 Å². The first-order valence-electron chi connectivity index (χ1n) is 7.32. The van der Waals surface area contributed by atoms with Crippen LogP contribution in [0.15, 0.2) is 60.8 Å². The van der Waals surface area contributed by atoms with Crippen molar-refractivity contribution in [2.45, 2.75) is 6.92 Å². The number of carbonyl (C=O) groups excluding carboxylic acids is 1. The quantitative estimate of drug-likeness (QED) is 0.661. The van der Waals surface area contributed by atoms with Crippen LogP contribution in [-0.2, 0) is 0 Å². The van der Waals surface area contributed by atoms with E-state index in [0.717, 1.165) is 22.4 Å². The number of amides is 1. The van der Waals surface area contributed by atoms with E-state index >= 15 is 0 Å². The number of hydrogen-bond acceptors (Lipinski definition) is 2. The van der Waals surface area contributed by atoms with E-state index < -0.39 is 0 Å². The second kappa shape index (κ2) is 7.04. The minimum Gasteiger partial charge on any atom is -0.321 e. The third kappa shape index (κ3) is 3.94. The zero-order chi connectivity index (χ0) is 17.1. The van der Waals surface area contributed by atoms with Gasteiger partial charge in [-0.1, -0.05) is 40.9 Å². The van der Waals surface area contributed by atoms with E-state index in [1.54, 1.807) is 30.5 Å². The molecule has 0 aliphatic rings. The Kier molecular flexibility index (Phi) is 4.84. The molecule has 5 heteroatoms. The van der Waals surface area contributed by atoms with E-state index in [9.17, 15) is 4.79 Å². The van der Waals surface area contributed by atoms with E-state index in [0.29, 0.717) is 15.7 Å². The van der Waals surface area contributed by atoms with Crippen LogP contribution in [0.3, 0.4) is 0 Å². The first-order chi connectivity index (χ1) is 11.5. The SMILES string of the molecule is Cc1ccc(NC(=O)c2cc(-c3cc(Cl)cc(Cl)c3)ccn2)cc1. The summed E-state index contributed by atoms with van der Waals surface area (Å²) in [6.45, 7) is 1.99. The van der Waals surface area contributed by atoms with Crippen LogP contribution in [0.2, 0.25) is 10.0 Å². The Labute approximate surface area is 150 Å². The van der Waals surface area contributed by atoms with Gasteiger partial charge >= 0.3 is 0 Å².